The van der Waals surface area contributed by atoms with Crippen LogP contribution in [0.15, 0.2) is 0 Å². The van der Waals surface area contributed by atoms with Crippen molar-refractivity contribution in [2.24, 2.45) is 23.5 Å². The molecular formula is C15H30N2O. The minimum atomic E-state index is 0.191. The molecule has 1 saturated carbocycles. The van der Waals surface area contributed by atoms with Gasteiger partial charge in [-0.1, -0.05) is 33.1 Å². The van der Waals surface area contributed by atoms with E-state index in [0.29, 0.717) is 30.7 Å². The molecule has 3 N–H and O–H groups in total. The first kappa shape index (κ1) is 15.5. The second kappa shape index (κ2) is 8.52. The average molecular weight is 254 g/mol. The minimum Gasteiger partial charge on any atom is -0.356 e. The summed E-state index contributed by atoms with van der Waals surface area (Å²) >= 11 is 0. The molecular weight excluding hydrogens is 224 g/mol. The van der Waals surface area contributed by atoms with E-state index in [9.17, 15) is 4.79 Å². The summed E-state index contributed by atoms with van der Waals surface area (Å²) in [6.07, 6.45) is 8.25. The fourth-order valence-corrected chi connectivity index (χ4v) is 2.91. The lowest BCUT2D eigenvalue weighted by molar-refractivity contribution is -0.122. The number of hydrogen-bond donors (Lipinski definition) is 2. The van der Waals surface area contributed by atoms with Gasteiger partial charge in [0.15, 0.2) is 0 Å². The highest BCUT2D eigenvalue weighted by molar-refractivity contribution is 5.76. The van der Waals surface area contributed by atoms with E-state index in [-0.39, 0.29) is 5.91 Å². The molecule has 1 amide bonds. The molecule has 0 radical (unpaired) electrons. The van der Waals surface area contributed by atoms with Crippen molar-refractivity contribution in [1.82, 2.24) is 5.32 Å². The Morgan fingerprint density at radius 1 is 1.28 bits per heavy atom. The number of hydrogen-bond acceptors (Lipinski definition) is 2. The zero-order chi connectivity index (χ0) is 13.4. The summed E-state index contributed by atoms with van der Waals surface area (Å²) in [6, 6.07) is 0. The van der Waals surface area contributed by atoms with Gasteiger partial charge < -0.3 is 11.1 Å². The van der Waals surface area contributed by atoms with Gasteiger partial charge >= 0.3 is 0 Å². The zero-order valence-electron chi connectivity index (χ0n) is 12.1. The van der Waals surface area contributed by atoms with Gasteiger partial charge in [-0.2, -0.15) is 0 Å². The Balaban J connectivity index is 2.18. The van der Waals surface area contributed by atoms with E-state index < -0.39 is 0 Å². The summed E-state index contributed by atoms with van der Waals surface area (Å²) in [7, 11) is 0. The smallest absolute Gasteiger partial charge is 0.220 e. The number of rotatable bonds is 7. The molecule has 1 aliphatic carbocycles. The van der Waals surface area contributed by atoms with Gasteiger partial charge in [0.05, 0.1) is 0 Å². The largest absolute Gasteiger partial charge is 0.356 e. The highest BCUT2D eigenvalue weighted by Gasteiger charge is 2.17. The van der Waals surface area contributed by atoms with E-state index in [4.69, 9.17) is 5.73 Å². The maximum absolute atomic E-state index is 11.9. The Kier molecular flexibility index (Phi) is 7.33. The maximum atomic E-state index is 11.9. The number of carbonyl (C=O) groups excluding carboxylic acids is 1. The van der Waals surface area contributed by atoms with Gasteiger partial charge in [-0.05, 0) is 43.6 Å². The van der Waals surface area contributed by atoms with Gasteiger partial charge in [-0.15, -0.1) is 0 Å². The molecule has 106 valence electrons. The first-order chi connectivity index (χ1) is 8.61. The molecule has 1 aliphatic rings. The summed E-state index contributed by atoms with van der Waals surface area (Å²) < 4.78 is 0. The van der Waals surface area contributed by atoms with E-state index in [1.54, 1.807) is 0 Å². The molecule has 3 nitrogen and oxygen atoms in total. The minimum absolute atomic E-state index is 0.191. The predicted octanol–water partition coefficient (Wildman–Crippen LogP) is 2.69. The van der Waals surface area contributed by atoms with Crippen molar-refractivity contribution in [2.75, 3.05) is 13.1 Å². The van der Waals surface area contributed by atoms with Crippen LogP contribution in [0.4, 0.5) is 0 Å². The average Bonchev–Trinajstić information content (AvgIpc) is 2.36. The topological polar surface area (TPSA) is 55.1 Å². The Morgan fingerprint density at radius 2 is 1.94 bits per heavy atom. The summed E-state index contributed by atoms with van der Waals surface area (Å²) in [5.41, 5.74) is 5.73. The molecule has 1 fully saturated rings. The monoisotopic (exact) mass is 254 g/mol. The SMILES string of the molecule is CC(C)C[C@H](CN)CC(=O)NCC1CCCCC1. The molecule has 0 aromatic carbocycles. The van der Waals surface area contributed by atoms with E-state index >= 15 is 0 Å². The second-order valence-corrected chi connectivity index (χ2v) is 6.24. The Hall–Kier alpha value is -0.570. The second-order valence-electron chi connectivity index (χ2n) is 6.24. The van der Waals surface area contributed by atoms with Crippen LogP contribution in [-0.2, 0) is 4.79 Å². The molecule has 0 saturated heterocycles. The lowest BCUT2D eigenvalue weighted by atomic mass is 9.89. The molecule has 1 rings (SSSR count). The summed E-state index contributed by atoms with van der Waals surface area (Å²) in [5.74, 6) is 1.86. The quantitative estimate of drug-likeness (QED) is 0.734. The number of nitrogens with one attached hydrogen (secondary N) is 1. The van der Waals surface area contributed by atoms with Crippen LogP contribution in [-0.4, -0.2) is 19.0 Å². The van der Waals surface area contributed by atoms with Crippen LogP contribution < -0.4 is 11.1 Å². The van der Waals surface area contributed by atoms with Crippen molar-refractivity contribution in [3.63, 3.8) is 0 Å². The summed E-state index contributed by atoms with van der Waals surface area (Å²) in [6.45, 7) is 5.86. The highest BCUT2D eigenvalue weighted by Crippen LogP contribution is 2.22. The van der Waals surface area contributed by atoms with E-state index in [1.807, 2.05) is 0 Å². The van der Waals surface area contributed by atoms with Crippen LogP contribution in [0.3, 0.4) is 0 Å². The van der Waals surface area contributed by atoms with Crippen molar-refractivity contribution >= 4 is 5.91 Å². The summed E-state index contributed by atoms with van der Waals surface area (Å²) in [4.78, 5) is 11.9. The Bertz CT molecular complexity index is 235. The van der Waals surface area contributed by atoms with Gasteiger partial charge in [0.2, 0.25) is 5.91 Å². The molecule has 3 heteroatoms. The van der Waals surface area contributed by atoms with Gasteiger partial charge in [-0.3, -0.25) is 4.79 Å². The normalized spacial score (nSPS) is 18.9. The van der Waals surface area contributed by atoms with Crippen molar-refractivity contribution < 1.29 is 4.79 Å². The fraction of sp³-hybridized carbons (Fsp3) is 0.933. The third kappa shape index (κ3) is 6.39. The molecule has 0 aromatic heterocycles. The van der Waals surface area contributed by atoms with Crippen molar-refractivity contribution in [2.45, 2.75) is 58.8 Å². The number of nitrogens with two attached hydrogens (primary N) is 1. The van der Waals surface area contributed by atoms with Crippen LogP contribution in [0.2, 0.25) is 0 Å². The Labute approximate surface area is 112 Å². The van der Waals surface area contributed by atoms with Crippen LogP contribution in [0.1, 0.15) is 58.8 Å². The first-order valence-corrected chi connectivity index (χ1v) is 7.58. The van der Waals surface area contributed by atoms with Crippen LogP contribution in [0.5, 0.6) is 0 Å². The van der Waals surface area contributed by atoms with Gasteiger partial charge in [-0.25, -0.2) is 0 Å². The van der Waals surface area contributed by atoms with Gasteiger partial charge in [0.25, 0.3) is 0 Å². The lowest BCUT2D eigenvalue weighted by Crippen LogP contribution is -2.33. The summed E-state index contributed by atoms with van der Waals surface area (Å²) in [5, 5.41) is 3.10. The number of carbonyl (C=O) groups is 1. The Morgan fingerprint density at radius 3 is 2.50 bits per heavy atom. The van der Waals surface area contributed by atoms with Crippen molar-refractivity contribution in [1.29, 1.82) is 0 Å². The predicted molar refractivity (Wildman–Crippen MR) is 76.2 cm³/mol. The van der Waals surface area contributed by atoms with E-state index in [0.717, 1.165) is 13.0 Å². The standard InChI is InChI=1S/C15H30N2O/c1-12(2)8-14(10-16)9-15(18)17-11-13-6-4-3-5-7-13/h12-14H,3-11,16H2,1-2H3,(H,17,18)/t14-/m0/s1. The molecule has 0 bridgehead atoms. The molecule has 0 spiro atoms. The molecule has 0 aromatic rings. The van der Waals surface area contributed by atoms with Gasteiger partial charge in [0, 0.05) is 13.0 Å². The molecule has 0 heterocycles. The highest BCUT2D eigenvalue weighted by atomic mass is 16.1. The first-order valence-electron chi connectivity index (χ1n) is 7.58. The van der Waals surface area contributed by atoms with E-state index in [1.165, 1.54) is 32.1 Å². The van der Waals surface area contributed by atoms with Crippen LogP contribution in [0.25, 0.3) is 0 Å². The maximum Gasteiger partial charge on any atom is 0.220 e. The van der Waals surface area contributed by atoms with Gasteiger partial charge in [0.1, 0.15) is 0 Å². The molecule has 18 heavy (non-hydrogen) atoms. The third-order valence-corrected chi connectivity index (χ3v) is 3.92. The molecule has 0 aliphatic heterocycles. The zero-order valence-corrected chi connectivity index (χ0v) is 12.1. The van der Waals surface area contributed by atoms with E-state index in [2.05, 4.69) is 19.2 Å². The number of amides is 1. The fourth-order valence-electron chi connectivity index (χ4n) is 2.91. The van der Waals surface area contributed by atoms with Crippen molar-refractivity contribution in [3.05, 3.63) is 0 Å². The lowest BCUT2D eigenvalue weighted by Gasteiger charge is -2.22. The third-order valence-electron chi connectivity index (χ3n) is 3.92. The van der Waals surface area contributed by atoms with Crippen LogP contribution in [0, 0.1) is 17.8 Å². The molecule has 1 atom stereocenters. The van der Waals surface area contributed by atoms with Crippen molar-refractivity contribution in [3.8, 4) is 0 Å². The van der Waals surface area contributed by atoms with Crippen LogP contribution >= 0.6 is 0 Å². The molecule has 0 unspecified atom stereocenters.